The van der Waals surface area contributed by atoms with Gasteiger partial charge in [0.1, 0.15) is 0 Å². The molecule has 0 saturated carbocycles. The molecule has 4 aromatic rings. The van der Waals surface area contributed by atoms with Crippen molar-refractivity contribution in [2.75, 3.05) is 7.11 Å². The van der Waals surface area contributed by atoms with Crippen LogP contribution in [0.15, 0.2) is 72.9 Å². The lowest BCUT2D eigenvalue weighted by atomic mass is 9.86. The van der Waals surface area contributed by atoms with E-state index in [1.54, 1.807) is 13.3 Å². The van der Waals surface area contributed by atoms with E-state index >= 15 is 0 Å². The van der Waals surface area contributed by atoms with Crippen LogP contribution in [0.25, 0.3) is 22.9 Å². The van der Waals surface area contributed by atoms with E-state index in [1.165, 1.54) is 0 Å². The van der Waals surface area contributed by atoms with Crippen molar-refractivity contribution >= 4 is 17.5 Å². The fraction of sp³-hybridized carbons (Fsp3) is 0.192. The number of aromatic nitrogens is 3. The summed E-state index contributed by atoms with van der Waals surface area (Å²) in [5, 5.41) is 4.83. The van der Waals surface area contributed by atoms with Crippen molar-refractivity contribution in [1.82, 2.24) is 14.6 Å². The molecule has 0 aliphatic heterocycles. The predicted octanol–water partition coefficient (Wildman–Crippen LogP) is 5.00. The Kier molecular flexibility index (Phi) is 5.18. The quantitative estimate of drug-likeness (QED) is 0.465. The average molecular weight is 409 g/mol. The number of methoxy groups -OCH3 is 1. The summed E-state index contributed by atoms with van der Waals surface area (Å²) in [5.41, 5.74) is 6.31. The van der Waals surface area contributed by atoms with E-state index in [0.717, 1.165) is 40.1 Å². The maximum absolute atomic E-state index is 12.9. The SMILES string of the molecule is COCc1nn2c3c(cnc2c1-c1ccccc1)C(=O)CC(C=Cc1ccccc1)C3. The van der Waals surface area contributed by atoms with Crippen LogP contribution >= 0.6 is 0 Å². The molecule has 1 aliphatic carbocycles. The van der Waals surface area contributed by atoms with Crippen molar-refractivity contribution < 1.29 is 9.53 Å². The first-order chi connectivity index (χ1) is 15.2. The van der Waals surface area contributed by atoms with E-state index in [4.69, 9.17) is 9.84 Å². The number of Topliss-reactive ketones (excluding diaryl/α,β-unsaturated/α-hetero) is 1. The van der Waals surface area contributed by atoms with Crippen molar-refractivity contribution in [3.63, 3.8) is 0 Å². The Balaban J connectivity index is 1.59. The number of hydrogen-bond acceptors (Lipinski definition) is 4. The number of ether oxygens (including phenoxy) is 1. The topological polar surface area (TPSA) is 56.5 Å². The Morgan fingerprint density at radius 1 is 1.06 bits per heavy atom. The molecular weight excluding hydrogens is 386 g/mol. The third-order valence-electron chi connectivity index (χ3n) is 5.72. The van der Waals surface area contributed by atoms with Gasteiger partial charge < -0.3 is 4.74 Å². The molecule has 1 unspecified atom stereocenters. The number of hydrogen-bond donors (Lipinski definition) is 0. The van der Waals surface area contributed by atoms with Crippen LogP contribution in [0.3, 0.4) is 0 Å². The van der Waals surface area contributed by atoms with E-state index in [1.807, 2.05) is 53.0 Å². The van der Waals surface area contributed by atoms with E-state index in [-0.39, 0.29) is 11.7 Å². The van der Waals surface area contributed by atoms with Gasteiger partial charge in [-0.05, 0) is 23.5 Å². The minimum absolute atomic E-state index is 0.114. The average Bonchev–Trinajstić information content (AvgIpc) is 3.18. The first kappa shape index (κ1) is 19.4. The van der Waals surface area contributed by atoms with Gasteiger partial charge in [-0.3, -0.25) is 4.79 Å². The number of nitrogens with zero attached hydrogens (tertiary/aromatic N) is 3. The van der Waals surface area contributed by atoms with Gasteiger partial charge in [-0.15, -0.1) is 0 Å². The number of carbonyl (C=O) groups is 1. The van der Waals surface area contributed by atoms with Crippen LogP contribution in [0, 0.1) is 5.92 Å². The second-order valence-electron chi connectivity index (χ2n) is 7.84. The van der Waals surface area contributed by atoms with Crippen molar-refractivity contribution in [1.29, 1.82) is 0 Å². The van der Waals surface area contributed by atoms with Gasteiger partial charge in [0.05, 0.1) is 29.1 Å². The smallest absolute Gasteiger partial charge is 0.166 e. The standard InChI is InChI=1S/C26H23N3O2/c1-31-17-22-25(20-10-6-3-7-11-20)26-27-16-21-23(29(26)28-22)14-19(15-24(21)30)13-12-18-8-4-2-5-9-18/h2-13,16,19H,14-15,17H2,1H3. The maximum Gasteiger partial charge on any atom is 0.166 e. The zero-order chi connectivity index (χ0) is 21.2. The number of carbonyl (C=O) groups excluding carboxylic acids is 1. The highest BCUT2D eigenvalue weighted by atomic mass is 16.5. The molecule has 5 rings (SSSR count). The first-order valence-corrected chi connectivity index (χ1v) is 10.4. The third-order valence-corrected chi connectivity index (χ3v) is 5.72. The molecule has 5 heteroatoms. The van der Waals surface area contributed by atoms with Gasteiger partial charge in [0.15, 0.2) is 11.4 Å². The van der Waals surface area contributed by atoms with Crippen molar-refractivity contribution in [3.8, 4) is 11.1 Å². The number of benzene rings is 2. The molecule has 0 saturated heterocycles. The highest BCUT2D eigenvalue weighted by molar-refractivity contribution is 5.98. The van der Waals surface area contributed by atoms with E-state index < -0.39 is 0 Å². The molecule has 1 aliphatic rings. The van der Waals surface area contributed by atoms with Crippen LogP contribution in [0.5, 0.6) is 0 Å². The second-order valence-corrected chi connectivity index (χ2v) is 7.84. The summed E-state index contributed by atoms with van der Waals surface area (Å²) >= 11 is 0. The van der Waals surface area contributed by atoms with Gasteiger partial charge in [-0.25, -0.2) is 9.50 Å². The molecule has 154 valence electrons. The van der Waals surface area contributed by atoms with Crippen molar-refractivity contribution in [2.45, 2.75) is 19.4 Å². The lowest BCUT2D eigenvalue weighted by molar-refractivity contribution is 0.0957. The zero-order valence-electron chi connectivity index (χ0n) is 17.4. The van der Waals surface area contributed by atoms with E-state index in [0.29, 0.717) is 18.6 Å². The summed E-state index contributed by atoms with van der Waals surface area (Å²) in [6.07, 6.45) is 7.18. The maximum atomic E-state index is 12.9. The largest absolute Gasteiger partial charge is 0.378 e. The highest BCUT2D eigenvalue weighted by Gasteiger charge is 2.28. The fourth-order valence-corrected chi connectivity index (χ4v) is 4.26. The Labute approximate surface area is 181 Å². The molecule has 2 aromatic heterocycles. The van der Waals surface area contributed by atoms with Crippen LogP contribution in [0.2, 0.25) is 0 Å². The predicted molar refractivity (Wildman–Crippen MR) is 121 cm³/mol. The van der Waals surface area contributed by atoms with Crippen molar-refractivity contribution in [3.05, 3.63) is 95.5 Å². The summed E-state index contributed by atoms with van der Waals surface area (Å²) < 4.78 is 7.27. The molecule has 0 N–H and O–H groups in total. The molecule has 0 bridgehead atoms. The van der Waals surface area contributed by atoms with Gasteiger partial charge in [0.25, 0.3) is 0 Å². The van der Waals surface area contributed by atoms with Crippen LogP contribution in [-0.4, -0.2) is 27.5 Å². The molecule has 0 amide bonds. The molecule has 0 radical (unpaired) electrons. The minimum Gasteiger partial charge on any atom is -0.378 e. The lowest BCUT2D eigenvalue weighted by Gasteiger charge is -2.21. The van der Waals surface area contributed by atoms with Gasteiger partial charge in [-0.1, -0.05) is 72.8 Å². The molecule has 5 nitrogen and oxygen atoms in total. The Morgan fingerprint density at radius 3 is 2.55 bits per heavy atom. The highest BCUT2D eigenvalue weighted by Crippen LogP contribution is 2.32. The summed E-state index contributed by atoms with van der Waals surface area (Å²) in [7, 11) is 1.66. The molecular formula is C26H23N3O2. The van der Waals surface area contributed by atoms with Crippen LogP contribution in [-0.2, 0) is 17.8 Å². The van der Waals surface area contributed by atoms with Gasteiger partial charge in [-0.2, -0.15) is 5.10 Å². The summed E-state index contributed by atoms with van der Waals surface area (Å²) in [5.74, 6) is 0.240. The number of fused-ring (bicyclic) bond motifs is 3. The van der Waals surface area contributed by atoms with Gasteiger partial charge >= 0.3 is 0 Å². The van der Waals surface area contributed by atoms with Crippen LogP contribution in [0.1, 0.15) is 33.7 Å². The summed E-state index contributed by atoms with van der Waals surface area (Å²) in [6, 6.07) is 20.3. The number of rotatable bonds is 5. The normalized spacial score (nSPS) is 16.2. The second kappa shape index (κ2) is 8.28. The molecule has 1 atom stereocenters. The number of allylic oxidation sites excluding steroid dienone is 1. The van der Waals surface area contributed by atoms with Crippen molar-refractivity contribution in [2.24, 2.45) is 5.92 Å². The first-order valence-electron chi connectivity index (χ1n) is 10.4. The molecule has 2 heterocycles. The monoisotopic (exact) mass is 409 g/mol. The van der Waals surface area contributed by atoms with Gasteiger partial charge in [0, 0.05) is 19.7 Å². The summed E-state index contributed by atoms with van der Waals surface area (Å²) in [4.78, 5) is 17.5. The van der Waals surface area contributed by atoms with E-state index in [9.17, 15) is 4.79 Å². The zero-order valence-corrected chi connectivity index (χ0v) is 17.4. The minimum atomic E-state index is 0.114. The van der Waals surface area contributed by atoms with E-state index in [2.05, 4.69) is 29.3 Å². The van der Waals surface area contributed by atoms with Gasteiger partial charge in [0.2, 0.25) is 0 Å². The summed E-state index contributed by atoms with van der Waals surface area (Å²) in [6.45, 7) is 0.383. The lowest BCUT2D eigenvalue weighted by Crippen LogP contribution is -2.22. The Hall–Kier alpha value is -3.57. The molecule has 0 fully saturated rings. The number of ketones is 1. The molecule has 2 aromatic carbocycles. The Morgan fingerprint density at radius 2 is 1.81 bits per heavy atom. The Bertz CT molecular complexity index is 1260. The molecule has 0 spiro atoms. The van der Waals surface area contributed by atoms with Crippen LogP contribution < -0.4 is 0 Å². The molecule has 31 heavy (non-hydrogen) atoms. The van der Waals surface area contributed by atoms with Crippen LogP contribution in [0.4, 0.5) is 0 Å². The third kappa shape index (κ3) is 3.68. The fourth-order valence-electron chi connectivity index (χ4n) is 4.26.